The summed E-state index contributed by atoms with van der Waals surface area (Å²) in [4.78, 5) is 8.02. The number of hydrogen-bond acceptors (Lipinski definition) is 3. The van der Waals surface area contributed by atoms with E-state index >= 15 is 0 Å². The molecule has 0 aliphatic rings. The Morgan fingerprint density at radius 2 is 2.10 bits per heavy atom. The third-order valence-electron chi connectivity index (χ3n) is 4.97. The Bertz CT molecular complexity index is 1140. The lowest BCUT2D eigenvalue weighted by molar-refractivity contribution is 0.785. The summed E-state index contributed by atoms with van der Waals surface area (Å²) in [6.07, 6.45) is 13.7. The Morgan fingerprint density at radius 1 is 1.27 bits per heavy atom. The zero-order chi connectivity index (χ0) is 21.5. The van der Waals surface area contributed by atoms with Crippen molar-refractivity contribution in [2.75, 3.05) is 13.1 Å². The second-order valence-corrected chi connectivity index (χ2v) is 7.00. The molecule has 0 aliphatic carbocycles. The predicted molar refractivity (Wildman–Crippen MR) is 128 cm³/mol. The number of hydrogen-bond donors (Lipinski definition) is 3. The molecule has 0 amide bonds. The SMILES string of the molecule is C=C/C=C\c1cc(-c2[nH]nc3ncc(C(/C=C(\C=C)CNCC)=C/C)cc23)[nH]c1C. The van der Waals surface area contributed by atoms with Crippen molar-refractivity contribution in [1.29, 1.82) is 0 Å². The number of aromatic nitrogens is 4. The third-order valence-corrected chi connectivity index (χ3v) is 4.97. The highest BCUT2D eigenvalue weighted by molar-refractivity contribution is 5.93. The van der Waals surface area contributed by atoms with Crippen LogP contribution in [0.1, 0.15) is 30.7 Å². The molecule has 0 radical (unpaired) electrons. The first kappa shape index (κ1) is 21.3. The number of pyridine rings is 1. The van der Waals surface area contributed by atoms with Gasteiger partial charge in [0.1, 0.15) is 0 Å². The minimum atomic E-state index is 0.695. The molecular weight excluding hydrogens is 370 g/mol. The molecule has 3 aromatic rings. The third kappa shape index (κ3) is 4.58. The van der Waals surface area contributed by atoms with Crippen LogP contribution in [0.2, 0.25) is 0 Å². The lowest BCUT2D eigenvalue weighted by Crippen LogP contribution is -2.15. The molecule has 3 N–H and O–H groups in total. The van der Waals surface area contributed by atoms with Gasteiger partial charge in [0.05, 0.1) is 11.4 Å². The molecule has 0 spiro atoms. The molecular formula is C25H29N5. The molecule has 0 atom stereocenters. The molecule has 0 fully saturated rings. The molecule has 3 aromatic heterocycles. The normalized spacial score (nSPS) is 12.8. The van der Waals surface area contributed by atoms with Gasteiger partial charge < -0.3 is 10.3 Å². The van der Waals surface area contributed by atoms with Crippen LogP contribution in [0.3, 0.4) is 0 Å². The van der Waals surface area contributed by atoms with Gasteiger partial charge in [-0.25, -0.2) is 4.98 Å². The first-order valence-corrected chi connectivity index (χ1v) is 10.1. The van der Waals surface area contributed by atoms with Gasteiger partial charge in [0.25, 0.3) is 0 Å². The second kappa shape index (κ2) is 9.85. The molecule has 0 aliphatic heterocycles. The van der Waals surface area contributed by atoms with Crippen molar-refractivity contribution >= 4 is 22.7 Å². The molecule has 3 heterocycles. The summed E-state index contributed by atoms with van der Waals surface area (Å²) in [5, 5.41) is 11.9. The fourth-order valence-electron chi connectivity index (χ4n) is 3.30. The van der Waals surface area contributed by atoms with Gasteiger partial charge in [-0.2, -0.15) is 5.10 Å². The van der Waals surface area contributed by atoms with Crippen LogP contribution in [0.25, 0.3) is 34.1 Å². The largest absolute Gasteiger partial charge is 0.357 e. The molecule has 0 saturated heterocycles. The zero-order valence-corrected chi connectivity index (χ0v) is 17.9. The Morgan fingerprint density at radius 3 is 2.80 bits per heavy atom. The van der Waals surface area contributed by atoms with Crippen molar-refractivity contribution in [2.45, 2.75) is 20.8 Å². The number of H-pyrrole nitrogens is 2. The maximum Gasteiger partial charge on any atom is 0.181 e. The Labute approximate surface area is 178 Å². The van der Waals surface area contributed by atoms with Crippen LogP contribution in [0.4, 0.5) is 0 Å². The van der Waals surface area contributed by atoms with E-state index in [0.717, 1.165) is 57.8 Å². The average molecular weight is 400 g/mol. The lowest BCUT2D eigenvalue weighted by Gasteiger charge is -2.07. The number of aryl methyl sites for hydroxylation is 1. The first-order chi connectivity index (χ1) is 14.6. The average Bonchev–Trinajstić information content (AvgIpc) is 3.35. The Kier molecular flexibility index (Phi) is 6.99. The fourth-order valence-corrected chi connectivity index (χ4v) is 3.30. The van der Waals surface area contributed by atoms with Crippen LogP contribution in [0.5, 0.6) is 0 Å². The van der Waals surface area contributed by atoms with Gasteiger partial charge in [-0.15, -0.1) is 0 Å². The van der Waals surface area contributed by atoms with Gasteiger partial charge in [-0.3, -0.25) is 5.10 Å². The van der Waals surface area contributed by atoms with Crippen molar-refractivity contribution in [1.82, 2.24) is 25.5 Å². The van der Waals surface area contributed by atoms with Crippen molar-refractivity contribution in [2.24, 2.45) is 0 Å². The summed E-state index contributed by atoms with van der Waals surface area (Å²) in [6, 6.07) is 4.24. The highest BCUT2D eigenvalue weighted by Crippen LogP contribution is 2.29. The lowest BCUT2D eigenvalue weighted by atomic mass is 10.0. The number of nitrogens with zero attached hydrogens (tertiary/aromatic N) is 2. The van der Waals surface area contributed by atoms with E-state index in [-0.39, 0.29) is 0 Å². The maximum absolute atomic E-state index is 4.58. The highest BCUT2D eigenvalue weighted by Gasteiger charge is 2.13. The minimum Gasteiger partial charge on any atom is -0.357 e. The Balaban J connectivity index is 2.02. The molecule has 0 bridgehead atoms. The van der Waals surface area contributed by atoms with Crippen LogP contribution < -0.4 is 5.32 Å². The summed E-state index contributed by atoms with van der Waals surface area (Å²) in [5.41, 5.74) is 8.08. The molecule has 0 saturated carbocycles. The topological polar surface area (TPSA) is 69.4 Å². The number of aromatic amines is 2. The monoisotopic (exact) mass is 399 g/mol. The van der Waals surface area contributed by atoms with E-state index in [1.807, 2.05) is 31.3 Å². The summed E-state index contributed by atoms with van der Waals surface area (Å²) in [7, 11) is 0. The van der Waals surface area contributed by atoms with E-state index in [1.165, 1.54) is 0 Å². The molecule has 3 rings (SSSR count). The van der Waals surface area contributed by atoms with Crippen LogP contribution in [0, 0.1) is 6.92 Å². The van der Waals surface area contributed by atoms with Gasteiger partial charge in [0, 0.05) is 29.4 Å². The molecule has 5 heteroatoms. The van der Waals surface area contributed by atoms with Crippen LogP contribution in [-0.2, 0) is 0 Å². The molecule has 0 unspecified atom stereocenters. The van der Waals surface area contributed by atoms with Crippen molar-refractivity contribution in [3.63, 3.8) is 0 Å². The van der Waals surface area contributed by atoms with Crippen LogP contribution in [-0.4, -0.2) is 33.3 Å². The van der Waals surface area contributed by atoms with Crippen molar-refractivity contribution in [3.8, 4) is 11.4 Å². The predicted octanol–water partition coefficient (Wildman–Crippen LogP) is 5.59. The number of nitrogens with one attached hydrogen (secondary N) is 3. The molecule has 30 heavy (non-hydrogen) atoms. The quantitative estimate of drug-likeness (QED) is 0.411. The molecule has 5 nitrogen and oxygen atoms in total. The van der Waals surface area contributed by atoms with Gasteiger partial charge in [-0.1, -0.05) is 56.5 Å². The number of rotatable bonds is 9. The number of allylic oxidation sites excluding steroid dienone is 5. The summed E-state index contributed by atoms with van der Waals surface area (Å²) in [6.45, 7) is 15.6. The van der Waals surface area contributed by atoms with Gasteiger partial charge >= 0.3 is 0 Å². The zero-order valence-electron chi connectivity index (χ0n) is 17.9. The van der Waals surface area contributed by atoms with Gasteiger partial charge in [0.15, 0.2) is 5.65 Å². The van der Waals surface area contributed by atoms with E-state index in [1.54, 1.807) is 6.08 Å². The Hall–Kier alpha value is -3.44. The second-order valence-electron chi connectivity index (χ2n) is 7.00. The molecule has 154 valence electrons. The van der Waals surface area contributed by atoms with E-state index < -0.39 is 0 Å². The number of likely N-dealkylation sites (N-methyl/N-ethyl adjacent to an activating group) is 1. The van der Waals surface area contributed by atoms with Crippen molar-refractivity contribution < 1.29 is 0 Å². The van der Waals surface area contributed by atoms with Gasteiger partial charge in [-0.05, 0) is 49.2 Å². The van der Waals surface area contributed by atoms with Crippen molar-refractivity contribution in [3.05, 3.63) is 84.3 Å². The van der Waals surface area contributed by atoms with E-state index in [4.69, 9.17) is 0 Å². The van der Waals surface area contributed by atoms with Gasteiger partial charge in [0.2, 0.25) is 0 Å². The van der Waals surface area contributed by atoms with Crippen LogP contribution >= 0.6 is 0 Å². The van der Waals surface area contributed by atoms with E-state index in [0.29, 0.717) is 5.65 Å². The standard InChI is InChI=1S/C25H29N5/c1-6-10-11-20-14-23(28-17(20)5)24-22-13-21(16-27-25(22)30-29-24)19(8-3)12-18(7-2)15-26-9-4/h6-8,10-14,16,26,28H,1-2,9,15H2,3-5H3,(H,27,29,30)/b11-10-,18-12+,19-8+. The van der Waals surface area contributed by atoms with Crippen LogP contribution in [0.15, 0.2) is 67.4 Å². The maximum atomic E-state index is 4.58. The summed E-state index contributed by atoms with van der Waals surface area (Å²) < 4.78 is 0. The highest BCUT2D eigenvalue weighted by atomic mass is 15.2. The van der Waals surface area contributed by atoms with E-state index in [2.05, 4.69) is 76.8 Å². The smallest absolute Gasteiger partial charge is 0.181 e. The summed E-state index contributed by atoms with van der Waals surface area (Å²) in [5.74, 6) is 0. The number of fused-ring (bicyclic) bond motifs is 1. The molecule has 0 aromatic carbocycles. The summed E-state index contributed by atoms with van der Waals surface area (Å²) >= 11 is 0. The first-order valence-electron chi connectivity index (χ1n) is 10.1. The minimum absolute atomic E-state index is 0.695. The van der Waals surface area contributed by atoms with E-state index in [9.17, 15) is 0 Å². The fraction of sp³-hybridized carbons (Fsp3) is 0.200.